The Kier molecular flexibility index (Phi) is 1.28. The Labute approximate surface area is 51.1 Å². The van der Waals surface area contributed by atoms with Crippen molar-refractivity contribution < 1.29 is 28.6 Å². The maximum absolute atomic E-state index is 10.9. The van der Waals surface area contributed by atoms with Crippen LogP contribution in [0.5, 0.6) is 0 Å². The van der Waals surface area contributed by atoms with Gasteiger partial charge in [0.15, 0.2) is 0 Å². The van der Waals surface area contributed by atoms with Gasteiger partial charge in [0.05, 0.1) is 0 Å². The number of rotatable bonds is 1. The molecule has 0 aliphatic rings. The summed E-state index contributed by atoms with van der Waals surface area (Å²) in [5.74, 6) is 0. The number of halogens is 6. The second-order valence-electron chi connectivity index (χ2n) is 1.34. The summed E-state index contributed by atoms with van der Waals surface area (Å²) in [4.78, 5) is 8.92. The van der Waals surface area contributed by atoms with Crippen LogP contribution in [-0.4, -0.2) is 6.16 Å². The van der Waals surface area contributed by atoms with Crippen LogP contribution in [-0.2, 0) is 0 Å². The van der Waals surface area contributed by atoms with E-state index in [0.717, 1.165) is 0 Å². The maximum atomic E-state index is 10.9. The van der Waals surface area contributed by atoms with Crippen molar-refractivity contribution in [3.05, 3.63) is 0 Å². The van der Waals surface area contributed by atoms with Crippen LogP contribution in [0.3, 0.4) is 0 Å². The molecule has 0 saturated carbocycles. The van der Waals surface area contributed by atoms with Crippen molar-refractivity contribution in [2.45, 2.75) is 0 Å². The van der Waals surface area contributed by atoms with E-state index in [1.807, 2.05) is 0 Å². The van der Waals surface area contributed by atoms with Gasteiger partial charge in [0, 0.05) is 0 Å². The van der Waals surface area contributed by atoms with Gasteiger partial charge in [-0.3, -0.25) is 0 Å². The molecule has 0 aromatic rings. The highest BCUT2D eigenvalue weighted by molar-refractivity contribution is 8.44. The minimum Gasteiger partial charge on any atom is -0.233 e. The number of hydrogen-bond acceptors (Lipinski definition) is 1. The van der Waals surface area contributed by atoms with Crippen LogP contribution in [0.4, 0.5) is 28.6 Å². The van der Waals surface area contributed by atoms with Crippen molar-refractivity contribution >= 4 is 16.6 Å². The van der Waals surface area contributed by atoms with Gasteiger partial charge in [-0.15, -0.1) is 4.39 Å². The second kappa shape index (κ2) is 1.36. The van der Waals surface area contributed by atoms with Gasteiger partial charge in [-0.1, -0.05) is 19.4 Å². The second-order valence-corrected chi connectivity index (χ2v) is 3.49. The fourth-order valence-corrected chi connectivity index (χ4v) is 0.455. The van der Waals surface area contributed by atoms with E-state index in [4.69, 9.17) is 4.79 Å². The topological polar surface area (TPSA) is 29.1 Å². The first-order chi connectivity index (χ1) is 3.89. The molecule has 0 saturated heterocycles. The quantitative estimate of drug-likeness (QED) is 0.383. The van der Waals surface area contributed by atoms with Gasteiger partial charge in [0.1, 0.15) is 0 Å². The lowest BCUT2D eigenvalue weighted by atomic mass is 11.4. The molecule has 0 aliphatic heterocycles. The molecular weight excluding hydrogens is 188 g/mol. The Morgan fingerprint density at radius 2 is 1.40 bits per heavy atom. The Balaban J connectivity index is 4.59. The van der Waals surface area contributed by atoms with Crippen LogP contribution in [0.1, 0.15) is 0 Å². The Morgan fingerprint density at radius 3 is 1.40 bits per heavy atom. The summed E-state index contributed by atoms with van der Waals surface area (Å²) in [5, 5.41) is 0. The van der Waals surface area contributed by atoms with Gasteiger partial charge >= 0.3 is 16.6 Å². The molecule has 1 N–H and O–H groups in total. The Morgan fingerprint density at radius 1 is 1.10 bits per heavy atom. The van der Waals surface area contributed by atoms with Crippen molar-refractivity contribution in [3.8, 4) is 0 Å². The molecule has 10 heavy (non-hydrogen) atoms. The Hall–Kier alpha value is -0.600. The SMILES string of the molecule is O=C(F)NS(F)(F)(F)(F)F. The molecule has 0 aromatic carbocycles. The van der Waals surface area contributed by atoms with Gasteiger partial charge in [-0.25, -0.2) is 4.79 Å². The molecule has 0 aliphatic carbocycles. The zero-order chi connectivity index (χ0) is 8.69. The number of nitrogens with one attached hydrogen (secondary N) is 1. The van der Waals surface area contributed by atoms with Crippen molar-refractivity contribution in [2.75, 3.05) is 0 Å². The first kappa shape index (κ1) is 9.40. The van der Waals surface area contributed by atoms with Crippen molar-refractivity contribution in [3.63, 3.8) is 0 Å². The van der Waals surface area contributed by atoms with Crippen molar-refractivity contribution in [1.29, 1.82) is 0 Å². The summed E-state index contributed by atoms with van der Waals surface area (Å²) in [5.41, 5.74) is 0. The summed E-state index contributed by atoms with van der Waals surface area (Å²) in [6.07, 6.45) is -3.32. The van der Waals surface area contributed by atoms with Crippen molar-refractivity contribution in [2.24, 2.45) is 0 Å². The van der Waals surface area contributed by atoms with E-state index in [2.05, 4.69) is 0 Å². The molecule has 0 radical (unpaired) electrons. The average molecular weight is 189 g/mol. The average Bonchev–Trinajstić information content (AvgIpc) is 1.12. The minimum absolute atomic E-state index is 0.986. The Bertz CT molecular complexity index is 165. The van der Waals surface area contributed by atoms with E-state index in [-0.39, 0.29) is 0 Å². The van der Waals surface area contributed by atoms with Crippen LogP contribution in [0.2, 0.25) is 0 Å². The van der Waals surface area contributed by atoms with Crippen LogP contribution in [0, 0.1) is 0 Å². The molecular formula is CHF6NOS. The van der Waals surface area contributed by atoms with Gasteiger partial charge in [0.2, 0.25) is 0 Å². The third kappa shape index (κ3) is 7.40. The summed E-state index contributed by atoms with van der Waals surface area (Å²) in [6, 6.07) is 0. The smallest absolute Gasteiger partial charge is 0.233 e. The van der Waals surface area contributed by atoms with Crippen LogP contribution >= 0.6 is 10.4 Å². The number of carbonyl (C=O) groups excluding carboxylic acids is 1. The van der Waals surface area contributed by atoms with E-state index in [0.29, 0.717) is 0 Å². The summed E-state index contributed by atoms with van der Waals surface area (Å²) in [7, 11) is -10.1. The van der Waals surface area contributed by atoms with Crippen molar-refractivity contribution in [1.82, 2.24) is 4.72 Å². The zero-order valence-corrected chi connectivity index (χ0v) is 4.90. The lowest BCUT2D eigenvalue weighted by Crippen LogP contribution is -2.29. The fourth-order valence-electron chi connectivity index (χ4n) is 0.152. The molecule has 9 heteroatoms. The minimum atomic E-state index is -10.1. The predicted molar refractivity (Wildman–Crippen MR) is 22.8 cm³/mol. The molecule has 0 atom stereocenters. The van der Waals surface area contributed by atoms with Gasteiger partial charge in [-0.05, 0) is 0 Å². The number of carbonyl (C=O) groups is 1. The summed E-state index contributed by atoms with van der Waals surface area (Å²) < 4.78 is 64.3. The largest absolute Gasteiger partial charge is 0.414 e. The normalized spacial score (nSPS) is 19.0. The highest BCUT2D eigenvalue weighted by Gasteiger charge is 2.65. The highest BCUT2D eigenvalue weighted by Crippen LogP contribution is 2.94. The number of hydrogen-bond donors (Lipinski definition) is 1. The zero-order valence-electron chi connectivity index (χ0n) is 4.08. The van der Waals surface area contributed by atoms with Gasteiger partial charge in [-0.2, -0.15) is 4.72 Å². The van der Waals surface area contributed by atoms with Gasteiger partial charge in [0.25, 0.3) is 0 Å². The summed E-state index contributed by atoms with van der Waals surface area (Å²) >= 11 is 0. The third-order valence-corrected chi connectivity index (χ3v) is 0.819. The molecule has 1 amide bonds. The molecule has 0 heterocycles. The first-order valence-corrected chi connectivity index (χ1v) is 3.57. The molecule has 0 bridgehead atoms. The molecule has 0 unspecified atom stereocenters. The van der Waals surface area contributed by atoms with Gasteiger partial charge < -0.3 is 0 Å². The van der Waals surface area contributed by atoms with E-state index in [1.54, 1.807) is 0 Å². The van der Waals surface area contributed by atoms with Crippen LogP contribution < -0.4 is 4.72 Å². The van der Waals surface area contributed by atoms with E-state index >= 15 is 0 Å². The monoisotopic (exact) mass is 189 g/mol. The van der Waals surface area contributed by atoms with E-state index in [9.17, 15) is 23.8 Å². The molecule has 2 nitrogen and oxygen atoms in total. The number of amides is 1. The third-order valence-electron chi connectivity index (χ3n) is 0.273. The van der Waals surface area contributed by atoms with Crippen LogP contribution in [0.25, 0.3) is 0 Å². The molecule has 0 spiro atoms. The lowest BCUT2D eigenvalue weighted by Gasteiger charge is -2.38. The highest BCUT2D eigenvalue weighted by atomic mass is 32.5. The van der Waals surface area contributed by atoms with E-state index < -0.39 is 21.3 Å². The molecule has 0 rings (SSSR count). The molecule has 64 valence electrons. The van der Waals surface area contributed by atoms with Crippen LogP contribution in [0.15, 0.2) is 0 Å². The first-order valence-electron chi connectivity index (χ1n) is 1.62. The predicted octanol–water partition coefficient (Wildman–Crippen LogP) is 2.88. The standard InChI is InChI=1S/CHF6NOS/c2-1(9)8-10(3,4,5,6)7/h(H,8,9). The fraction of sp³-hybridized carbons (Fsp3) is 0. The molecule has 0 fully saturated rings. The molecule has 0 aromatic heterocycles. The maximum Gasteiger partial charge on any atom is 0.414 e. The lowest BCUT2D eigenvalue weighted by molar-refractivity contribution is 0.221. The summed E-state index contributed by atoms with van der Waals surface area (Å²) in [6.45, 7) is 0. The van der Waals surface area contributed by atoms with E-state index in [1.165, 1.54) is 0 Å².